The lowest BCUT2D eigenvalue weighted by atomic mass is 10.1. The van der Waals surface area contributed by atoms with Crippen LogP contribution < -0.4 is 4.74 Å². The number of aromatic nitrogens is 1. The molecule has 5 heteroatoms. The topological polar surface area (TPSA) is 34.6 Å². The van der Waals surface area contributed by atoms with Crippen LogP contribution in [0.2, 0.25) is 5.15 Å². The number of ether oxygens (including phenoxy) is 2. The maximum Gasteiger partial charge on any atom is 0.135 e. The number of nitrogens with zero attached hydrogens (tertiary/aromatic N) is 2. The second-order valence-corrected chi connectivity index (χ2v) is 5.11. The van der Waals surface area contributed by atoms with Crippen LogP contribution >= 0.6 is 11.6 Å². The highest BCUT2D eigenvalue weighted by Crippen LogP contribution is 2.32. The average Bonchev–Trinajstić information content (AvgIpc) is 2.84. The first-order chi connectivity index (χ1) is 9.17. The van der Waals surface area contributed by atoms with E-state index >= 15 is 0 Å². The van der Waals surface area contributed by atoms with Crippen molar-refractivity contribution in [3.63, 3.8) is 0 Å². The zero-order valence-electron chi connectivity index (χ0n) is 10.9. The molecule has 0 amide bonds. The Kier molecular flexibility index (Phi) is 3.31. The molecule has 1 aromatic heterocycles. The van der Waals surface area contributed by atoms with Gasteiger partial charge < -0.3 is 9.47 Å². The molecule has 0 bridgehead atoms. The Bertz CT molecular complexity index is 618. The smallest absolute Gasteiger partial charge is 0.135 e. The summed E-state index contributed by atoms with van der Waals surface area (Å²) in [5.74, 6) is 0.812. The third-order valence-corrected chi connectivity index (χ3v) is 3.63. The summed E-state index contributed by atoms with van der Waals surface area (Å²) in [7, 11) is 3.67. The van der Waals surface area contributed by atoms with Crippen LogP contribution in [0.4, 0.5) is 0 Å². The van der Waals surface area contributed by atoms with E-state index in [1.54, 1.807) is 7.11 Å². The zero-order valence-corrected chi connectivity index (χ0v) is 11.6. The van der Waals surface area contributed by atoms with Gasteiger partial charge in [-0.2, -0.15) is 0 Å². The zero-order chi connectivity index (χ0) is 13.4. The number of pyridine rings is 1. The highest BCUT2D eigenvalue weighted by Gasteiger charge is 2.24. The van der Waals surface area contributed by atoms with Gasteiger partial charge in [-0.05, 0) is 31.3 Å². The predicted molar refractivity (Wildman–Crippen MR) is 74.6 cm³/mol. The largest absolute Gasteiger partial charge is 0.497 e. The first-order valence-electron chi connectivity index (χ1n) is 6.11. The maximum atomic E-state index is 6.26. The van der Waals surface area contributed by atoms with E-state index in [0.29, 0.717) is 11.9 Å². The second kappa shape index (κ2) is 4.96. The van der Waals surface area contributed by atoms with Gasteiger partial charge in [0.05, 0.1) is 25.5 Å². The van der Waals surface area contributed by atoms with Crippen LogP contribution in [0.3, 0.4) is 0 Å². The third-order valence-electron chi connectivity index (χ3n) is 3.32. The molecule has 100 valence electrons. The molecular formula is C14H15ClN2O2. The molecule has 1 aliphatic heterocycles. The lowest BCUT2D eigenvalue weighted by Gasteiger charge is -2.12. The number of rotatable bonds is 2. The molecule has 3 rings (SSSR count). The molecule has 1 atom stereocenters. The van der Waals surface area contributed by atoms with Crippen molar-refractivity contribution in [2.45, 2.75) is 6.10 Å². The third kappa shape index (κ3) is 2.39. The van der Waals surface area contributed by atoms with Crippen LogP contribution in [0.5, 0.6) is 5.75 Å². The van der Waals surface area contributed by atoms with Gasteiger partial charge in [-0.15, -0.1) is 0 Å². The SMILES string of the molecule is COc1ccc2nc(Cl)c(C3CN(C)CO3)cc2c1. The Labute approximate surface area is 116 Å². The Hall–Kier alpha value is -1.36. The molecule has 0 radical (unpaired) electrons. The number of hydrogen-bond acceptors (Lipinski definition) is 4. The van der Waals surface area contributed by atoms with Gasteiger partial charge in [-0.25, -0.2) is 4.98 Å². The van der Waals surface area contributed by atoms with Crippen molar-refractivity contribution >= 4 is 22.5 Å². The van der Waals surface area contributed by atoms with Crippen molar-refractivity contribution in [2.24, 2.45) is 0 Å². The Morgan fingerprint density at radius 2 is 2.26 bits per heavy atom. The maximum absolute atomic E-state index is 6.26. The molecule has 2 aromatic rings. The summed E-state index contributed by atoms with van der Waals surface area (Å²) in [6, 6.07) is 7.79. The van der Waals surface area contributed by atoms with E-state index < -0.39 is 0 Å². The van der Waals surface area contributed by atoms with E-state index in [0.717, 1.165) is 28.8 Å². The van der Waals surface area contributed by atoms with E-state index in [1.807, 2.05) is 31.3 Å². The van der Waals surface area contributed by atoms with E-state index in [9.17, 15) is 0 Å². The Balaban J connectivity index is 2.06. The van der Waals surface area contributed by atoms with Crippen molar-refractivity contribution in [1.82, 2.24) is 9.88 Å². The van der Waals surface area contributed by atoms with Gasteiger partial charge in [-0.1, -0.05) is 11.6 Å². The van der Waals surface area contributed by atoms with Gasteiger partial charge in [0.25, 0.3) is 0 Å². The lowest BCUT2D eigenvalue weighted by Crippen LogP contribution is -2.13. The molecule has 1 aromatic carbocycles. The normalized spacial score (nSPS) is 20.1. The van der Waals surface area contributed by atoms with Gasteiger partial charge in [0.15, 0.2) is 0 Å². The molecule has 19 heavy (non-hydrogen) atoms. The Morgan fingerprint density at radius 3 is 2.95 bits per heavy atom. The quantitative estimate of drug-likeness (QED) is 0.791. The highest BCUT2D eigenvalue weighted by molar-refractivity contribution is 6.30. The minimum atomic E-state index is -0.0133. The molecule has 1 saturated heterocycles. The second-order valence-electron chi connectivity index (χ2n) is 4.75. The van der Waals surface area contributed by atoms with Crippen LogP contribution in [0.15, 0.2) is 24.3 Å². The first kappa shape index (κ1) is 12.7. The van der Waals surface area contributed by atoms with Crippen molar-refractivity contribution < 1.29 is 9.47 Å². The van der Waals surface area contributed by atoms with E-state index in [1.165, 1.54) is 0 Å². The number of likely N-dealkylation sites (N-methyl/N-ethyl adjacent to an activating group) is 1. The van der Waals surface area contributed by atoms with E-state index in [-0.39, 0.29) is 6.10 Å². The van der Waals surface area contributed by atoms with Gasteiger partial charge in [0.1, 0.15) is 10.9 Å². The van der Waals surface area contributed by atoms with Crippen molar-refractivity contribution in [3.05, 3.63) is 35.0 Å². The minimum absolute atomic E-state index is 0.0133. The molecule has 0 aliphatic carbocycles. The standard InChI is InChI=1S/C14H15ClN2O2/c1-17-7-13(19-8-17)11-6-9-5-10(18-2)3-4-12(9)16-14(11)15/h3-6,13H,7-8H2,1-2H3. The average molecular weight is 279 g/mol. The molecule has 0 spiro atoms. The van der Waals surface area contributed by atoms with Gasteiger partial charge in [0, 0.05) is 17.5 Å². The molecule has 1 aliphatic rings. The van der Waals surface area contributed by atoms with E-state index in [4.69, 9.17) is 21.1 Å². The fraction of sp³-hybridized carbons (Fsp3) is 0.357. The van der Waals surface area contributed by atoms with Crippen LogP contribution in [-0.2, 0) is 4.74 Å². The predicted octanol–water partition coefficient (Wildman–Crippen LogP) is 2.86. The Morgan fingerprint density at radius 1 is 1.42 bits per heavy atom. The summed E-state index contributed by atoms with van der Waals surface area (Å²) in [6.07, 6.45) is -0.0133. The summed E-state index contributed by atoms with van der Waals surface area (Å²) in [5, 5.41) is 1.52. The number of benzene rings is 1. The fourth-order valence-corrected chi connectivity index (χ4v) is 2.56. The van der Waals surface area contributed by atoms with Crippen LogP contribution in [0, 0.1) is 0 Å². The molecule has 0 N–H and O–H groups in total. The van der Waals surface area contributed by atoms with Crippen molar-refractivity contribution in [3.8, 4) is 5.75 Å². The van der Waals surface area contributed by atoms with Gasteiger partial charge in [-0.3, -0.25) is 4.90 Å². The number of methoxy groups -OCH3 is 1. The molecule has 0 saturated carbocycles. The molecule has 1 fully saturated rings. The lowest BCUT2D eigenvalue weighted by molar-refractivity contribution is 0.0955. The molecule has 4 nitrogen and oxygen atoms in total. The van der Waals surface area contributed by atoms with E-state index in [2.05, 4.69) is 9.88 Å². The molecular weight excluding hydrogens is 264 g/mol. The first-order valence-corrected chi connectivity index (χ1v) is 6.49. The molecule has 2 heterocycles. The van der Waals surface area contributed by atoms with Crippen LogP contribution in [0.1, 0.15) is 11.7 Å². The monoisotopic (exact) mass is 278 g/mol. The minimum Gasteiger partial charge on any atom is -0.497 e. The fourth-order valence-electron chi connectivity index (χ4n) is 2.29. The van der Waals surface area contributed by atoms with Crippen LogP contribution in [-0.4, -0.2) is 37.3 Å². The highest BCUT2D eigenvalue weighted by atomic mass is 35.5. The summed E-state index contributed by atoms with van der Waals surface area (Å²) < 4.78 is 10.9. The summed E-state index contributed by atoms with van der Waals surface area (Å²) in [4.78, 5) is 6.54. The van der Waals surface area contributed by atoms with Gasteiger partial charge >= 0.3 is 0 Å². The summed E-state index contributed by atoms with van der Waals surface area (Å²) >= 11 is 6.26. The summed E-state index contributed by atoms with van der Waals surface area (Å²) in [5.41, 5.74) is 1.80. The van der Waals surface area contributed by atoms with Crippen LogP contribution in [0.25, 0.3) is 10.9 Å². The van der Waals surface area contributed by atoms with Crippen molar-refractivity contribution in [1.29, 1.82) is 0 Å². The van der Waals surface area contributed by atoms with Gasteiger partial charge in [0.2, 0.25) is 0 Å². The number of hydrogen-bond donors (Lipinski definition) is 0. The number of halogens is 1. The molecule has 1 unspecified atom stereocenters. The number of fused-ring (bicyclic) bond motifs is 1. The summed E-state index contributed by atoms with van der Waals surface area (Å²) in [6.45, 7) is 1.45. The van der Waals surface area contributed by atoms with Crippen molar-refractivity contribution in [2.75, 3.05) is 27.4 Å².